The second-order valence-corrected chi connectivity index (χ2v) is 3.58. The Morgan fingerprint density at radius 1 is 1.53 bits per heavy atom. The van der Waals surface area contributed by atoms with Crippen LogP contribution in [-0.2, 0) is 18.4 Å². The Bertz CT molecular complexity index is 358. The molecule has 2 N–H and O–H groups in total. The number of rotatable bonds is 5. The maximum absolute atomic E-state index is 10.3. The molecule has 1 heterocycles. The van der Waals surface area contributed by atoms with Crippen molar-refractivity contribution in [3.8, 4) is 0 Å². The van der Waals surface area contributed by atoms with Crippen LogP contribution < -0.4 is 5.32 Å². The van der Waals surface area contributed by atoms with Gasteiger partial charge in [-0.15, -0.1) is 0 Å². The van der Waals surface area contributed by atoms with Crippen molar-refractivity contribution in [2.45, 2.75) is 26.8 Å². The fourth-order valence-electron chi connectivity index (χ4n) is 1.34. The van der Waals surface area contributed by atoms with Crippen LogP contribution in [0.25, 0.3) is 0 Å². The lowest BCUT2D eigenvalue weighted by molar-refractivity contribution is -0.136. The van der Waals surface area contributed by atoms with E-state index in [9.17, 15) is 4.79 Å². The van der Waals surface area contributed by atoms with Crippen molar-refractivity contribution in [3.05, 3.63) is 17.2 Å². The Morgan fingerprint density at radius 3 is 2.67 bits per heavy atom. The smallest absolute Gasteiger partial charge is 0.304 e. The van der Waals surface area contributed by atoms with Crippen LogP contribution in [0.2, 0.25) is 0 Å². The van der Waals surface area contributed by atoms with Crippen LogP contribution >= 0.6 is 0 Å². The molecular formula is C10H17N3O2. The van der Waals surface area contributed by atoms with Gasteiger partial charge in [-0.3, -0.25) is 4.79 Å². The molecular weight excluding hydrogens is 194 g/mol. The summed E-state index contributed by atoms with van der Waals surface area (Å²) < 4.78 is 2.02. The number of aryl methyl sites for hydroxylation is 1. The Hall–Kier alpha value is -1.36. The summed E-state index contributed by atoms with van der Waals surface area (Å²) >= 11 is 0. The van der Waals surface area contributed by atoms with Gasteiger partial charge in [-0.25, -0.2) is 4.98 Å². The van der Waals surface area contributed by atoms with E-state index in [1.807, 2.05) is 25.5 Å². The largest absolute Gasteiger partial charge is 0.481 e. The number of imidazole rings is 1. The molecule has 5 heteroatoms. The molecule has 0 aliphatic rings. The molecule has 0 aromatic carbocycles. The number of aliphatic carboxylic acids is 1. The highest BCUT2D eigenvalue weighted by molar-refractivity contribution is 5.66. The minimum absolute atomic E-state index is 0.141. The maximum atomic E-state index is 10.3. The lowest BCUT2D eigenvalue weighted by Crippen LogP contribution is -2.19. The summed E-state index contributed by atoms with van der Waals surface area (Å²) in [6.07, 6.45) is 0.141. The molecule has 84 valence electrons. The third kappa shape index (κ3) is 3.06. The second-order valence-electron chi connectivity index (χ2n) is 3.58. The molecule has 0 unspecified atom stereocenters. The van der Waals surface area contributed by atoms with Crippen molar-refractivity contribution in [3.63, 3.8) is 0 Å². The van der Waals surface area contributed by atoms with Crippen molar-refractivity contribution in [2.24, 2.45) is 7.05 Å². The van der Waals surface area contributed by atoms with Gasteiger partial charge < -0.3 is 15.0 Å². The number of nitrogens with one attached hydrogen (secondary N) is 1. The topological polar surface area (TPSA) is 67.2 Å². The first-order chi connectivity index (χ1) is 7.02. The van der Waals surface area contributed by atoms with E-state index >= 15 is 0 Å². The van der Waals surface area contributed by atoms with E-state index in [1.54, 1.807) is 0 Å². The maximum Gasteiger partial charge on any atom is 0.304 e. The predicted molar refractivity (Wildman–Crippen MR) is 56.6 cm³/mol. The van der Waals surface area contributed by atoms with Gasteiger partial charge in [-0.05, 0) is 13.8 Å². The number of hydrogen-bond acceptors (Lipinski definition) is 3. The average Bonchev–Trinajstić information content (AvgIpc) is 2.41. The zero-order valence-electron chi connectivity index (χ0n) is 9.37. The van der Waals surface area contributed by atoms with Crippen LogP contribution in [0.3, 0.4) is 0 Å². The monoisotopic (exact) mass is 211 g/mol. The Balaban J connectivity index is 2.44. The van der Waals surface area contributed by atoms with Crippen molar-refractivity contribution in [1.82, 2.24) is 14.9 Å². The van der Waals surface area contributed by atoms with Crippen LogP contribution in [-0.4, -0.2) is 27.2 Å². The van der Waals surface area contributed by atoms with Crippen LogP contribution in [0.1, 0.15) is 23.6 Å². The van der Waals surface area contributed by atoms with Crippen LogP contribution in [0.4, 0.5) is 0 Å². The number of aromatic nitrogens is 2. The summed E-state index contributed by atoms with van der Waals surface area (Å²) in [5, 5.41) is 11.5. The summed E-state index contributed by atoms with van der Waals surface area (Å²) in [5.41, 5.74) is 2.16. The van der Waals surface area contributed by atoms with Crippen LogP contribution in [0.5, 0.6) is 0 Å². The Labute approximate surface area is 89.1 Å². The third-order valence-corrected chi connectivity index (χ3v) is 2.51. The van der Waals surface area contributed by atoms with Gasteiger partial charge in [-0.1, -0.05) is 0 Å². The van der Waals surface area contributed by atoms with Gasteiger partial charge in [0.1, 0.15) is 5.82 Å². The van der Waals surface area contributed by atoms with Crippen molar-refractivity contribution in [1.29, 1.82) is 0 Å². The van der Waals surface area contributed by atoms with E-state index in [0.29, 0.717) is 13.1 Å². The normalized spacial score (nSPS) is 10.6. The quantitative estimate of drug-likeness (QED) is 0.700. The Kier molecular flexibility index (Phi) is 3.85. The molecule has 0 fully saturated rings. The zero-order valence-corrected chi connectivity index (χ0v) is 9.37. The molecule has 1 aromatic rings. The van der Waals surface area contributed by atoms with E-state index in [-0.39, 0.29) is 6.42 Å². The minimum Gasteiger partial charge on any atom is -0.481 e. The fourth-order valence-corrected chi connectivity index (χ4v) is 1.34. The molecule has 0 saturated carbocycles. The molecule has 0 spiro atoms. The summed E-state index contributed by atoms with van der Waals surface area (Å²) in [6.45, 7) is 5.07. The third-order valence-electron chi connectivity index (χ3n) is 2.51. The molecule has 0 radical (unpaired) electrons. The van der Waals surface area contributed by atoms with Gasteiger partial charge in [-0.2, -0.15) is 0 Å². The molecule has 1 rings (SSSR count). The van der Waals surface area contributed by atoms with Crippen molar-refractivity contribution < 1.29 is 9.90 Å². The molecule has 0 aliphatic heterocycles. The van der Waals surface area contributed by atoms with Gasteiger partial charge >= 0.3 is 5.97 Å². The number of hydrogen-bond donors (Lipinski definition) is 2. The Morgan fingerprint density at radius 2 is 2.20 bits per heavy atom. The summed E-state index contributed by atoms with van der Waals surface area (Å²) in [5.74, 6) is 0.157. The van der Waals surface area contributed by atoms with E-state index in [2.05, 4.69) is 10.3 Å². The van der Waals surface area contributed by atoms with Crippen molar-refractivity contribution >= 4 is 5.97 Å². The van der Waals surface area contributed by atoms with Crippen LogP contribution in [0.15, 0.2) is 0 Å². The minimum atomic E-state index is -0.783. The van der Waals surface area contributed by atoms with Crippen LogP contribution in [0, 0.1) is 13.8 Å². The lowest BCUT2D eigenvalue weighted by atomic mass is 10.4. The number of carbonyl (C=O) groups is 1. The molecule has 0 aliphatic carbocycles. The SMILES string of the molecule is Cc1nc(CNCCC(=O)O)n(C)c1C. The molecule has 0 bridgehead atoms. The summed E-state index contributed by atoms with van der Waals surface area (Å²) in [4.78, 5) is 14.7. The van der Waals surface area contributed by atoms with Gasteiger partial charge in [0.25, 0.3) is 0 Å². The molecule has 0 saturated heterocycles. The van der Waals surface area contributed by atoms with E-state index in [4.69, 9.17) is 5.11 Å². The van der Waals surface area contributed by atoms with Gasteiger partial charge in [0.05, 0.1) is 18.7 Å². The first-order valence-corrected chi connectivity index (χ1v) is 4.93. The average molecular weight is 211 g/mol. The highest BCUT2D eigenvalue weighted by Crippen LogP contribution is 2.07. The summed E-state index contributed by atoms with van der Waals surface area (Å²) in [6, 6.07) is 0. The second kappa shape index (κ2) is 4.93. The fraction of sp³-hybridized carbons (Fsp3) is 0.600. The predicted octanol–water partition coefficient (Wildman–Crippen LogP) is 0.601. The molecule has 15 heavy (non-hydrogen) atoms. The lowest BCUT2D eigenvalue weighted by Gasteiger charge is -2.04. The first-order valence-electron chi connectivity index (χ1n) is 4.93. The number of nitrogens with zero attached hydrogens (tertiary/aromatic N) is 2. The molecule has 1 aromatic heterocycles. The highest BCUT2D eigenvalue weighted by atomic mass is 16.4. The van der Waals surface area contributed by atoms with Gasteiger partial charge in [0.2, 0.25) is 0 Å². The zero-order chi connectivity index (χ0) is 11.4. The van der Waals surface area contributed by atoms with Crippen molar-refractivity contribution in [2.75, 3.05) is 6.54 Å². The van der Waals surface area contributed by atoms with E-state index < -0.39 is 5.97 Å². The van der Waals surface area contributed by atoms with Gasteiger partial charge in [0, 0.05) is 19.3 Å². The number of carboxylic acid groups (broad SMARTS) is 1. The number of carboxylic acids is 1. The first kappa shape index (κ1) is 11.7. The highest BCUT2D eigenvalue weighted by Gasteiger charge is 2.06. The molecule has 0 atom stereocenters. The van der Waals surface area contributed by atoms with E-state index in [1.165, 1.54) is 0 Å². The van der Waals surface area contributed by atoms with E-state index in [0.717, 1.165) is 17.2 Å². The molecule has 5 nitrogen and oxygen atoms in total. The summed E-state index contributed by atoms with van der Waals surface area (Å²) in [7, 11) is 1.96. The van der Waals surface area contributed by atoms with Gasteiger partial charge in [0.15, 0.2) is 0 Å². The molecule has 0 amide bonds. The standard InChI is InChI=1S/C10H17N3O2/c1-7-8(2)13(3)9(12-7)6-11-5-4-10(14)15/h11H,4-6H2,1-3H3,(H,14,15).